The lowest BCUT2D eigenvalue weighted by molar-refractivity contribution is -0.119. The van der Waals surface area contributed by atoms with Crippen LogP contribution in [0.25, 0.3) is 0 Å². The number of hydrogen-bond donors (Lipinski definition) is 0. The molecule has 0 aliphatic heterocycles. The molecule has 1 aromatic carbocycles. The first-order valence-corrected chi connectivity index (χ1v) is 8.58. The molecule has 0 aliphatic carbocycles. The third-order valence-electron chi connectivity index (χ3n) is 3.73. The fourth-order valence-corrected chi connectivity index (χ4v) is 2.87. The average molecular weight is 304 g/mol. The number of carbonyl (C=O) groups excluding carboxylic acids is 1. The highest BCUT2D eigenvalue weighted by Gasteiger charge is 2.15. The van der Waals surface area contributed by atoms with E-state index >= 15 is 0 Å². The van der Waals surface area contributed by atoms with Gasteiger partial charge >= 0.3 is 0 Å². The Bertz CT molecular complexity index is 489. The zero-order valence-corrected chi connectivity index (χ0v) is 15.2. The molecule has 0 amide bonds. The molecule has 1 rings (SSSR count). The maximum absolute atomic E-state index is 11.8. The van der Waals surface area contributed by atoms with Crippen LogP contribution in [0.1, 0.15) is 63.6 Å². The van der Waals surface area contributed by atoms with Crippen molar-refractivity contribution in [1.82, 2.24) is 0 Å². The van der Waals surface area contributed by atoms with Crippen LogP contribution >= 0.6 is 0 Å². The molecule has 0 bridgehead atoms. The van der Waals surface area contributed by atoms with Crippen LogP contribution in [0, 0.1) is 25.7 Å². The Kier molecular flexibility index (Phi) is 7.64. The molecule has 0 heterocycles. The van der Waals surface area contributed by atoms with E-state index in [9.17, 15) is 4.79 Å². The highest BCUT2D eigenvalue weighted by molar-refractivity contribution is 5.78. The molecule has 0 saturated heterocycles. The van der Waals surface area contributed by atoms with Gasteiger partial charge in [-0.25, -0.2) is 0 Å². The molecule has 0 spiro atoms. The van der Waals surface area contributed by atoms with E-state index in [0.717, 1.165) is 25.2 Å². The van der Waals surface area contributed by atoms with Crippen molar-refractivity contribution in [2.24, 2.45) is 11.8 Å². The summed E-state index contributed by atoms with van der Waals surface area (Å²) >= 11 is 0. The van der Waals surface area contributed by atoms with Crippen LogP contribution in [0.2, 0.25) is 0 Å². The van der Waals surface area contributed by atoms with Crippen LogP contribution in [0.4, 0.5) is 0 Å². The van der Waals surface area contributed by atoms with Gasteiger partial charge in [0.25, 0.3) is 0 Å². The van der Waals surface area contributed by atoms with Crippen molar-refractivity contribution in [2.75, 3.05) is 6.61 Å². The Labute approximate surface area is 136 Å². The number of aryl methyl sites for hydroxylation is 2. The molecular formula is C20H32O2. The lowest BCUT2D eigenvalue weighted by Gasteiger charge is -2.19. The summed E-state index contributed by atoms with van der Waals surface area (Å²) < 4.78 is 6.05. The number of Topliss-reactive ketones (excluding diaryl/α,β-unsaturated/α-hetero) is 1. The fraction of sp³-hybridized carbons (Fsp3) is 0.650. The van der Waals surface area contributed by atoms with Crippen molar-refractivity contribution in [3.8, 4) is 5.75 Å². The van der Waals surface area contributed by atoms with Crippen LogP contribution in [0.5, 0.6) is 5.75 Å². The second kappa shape index (κ2) is 8.97. The molecule has 0 saturated carbocycles. The summed E-state index contributed by atoms with van der Waals surface area (Å²) in [5.41, 5.74) is 3.70. The SMILES string of the molecule is CCCC(=O)CC(C)Cc1cc(C)cc(C)c1OCC(C)C. The third kappa shape index (κ3) is 6.21. The van der Waals surface area contributed by atoms with Crippen LogP contribution in [0.3, 0.4) is 0 Å². The van der Waals surface area contributed by atoms with E-state index in [1.165, 1.54) is 16.7 Å². The molecule has 1 atom stereocenters. The van der Waals surface area contributed by atoms with Crippen molar-refractivity contribution >= 4 is 5.78 Å². The summed E-state index contributed by atoms with van der Waals surface area (Å²) in [5, 5.41) is 0. The Morgan fingerprint density at radius 1 is 1.18 bits per heavy atom. The van der Waals surface area contributed by atoms with E-state index in [1.54, 1.807) is 0 Å². The molecule has 2 heteroatoms. The lowest BCUT2D eigenvalue weighted by atomic mass is 9.92. The molecule has 22 heavy (non-hydrogen) atoms. The minimum atomic E-state index is 0.363. The van der Waals surface area contributed by atoms with Gasteiger partial charge in [-0.3, -0.25) is 4.79 Å². The molecule has 2 nitrogen and oxygen atoms in total. The maximum atomic E-state index is 11.8. The van der Waals surface area contributed by atoms with Gasteiger partial charge in [0.05, 0.1) is 6.61 Å². The minimum Gasteiger partial charge on any atom is -0.493 e. The van der Waals surface area contributed by atoms with E-state index in [4.69, 9.17) is 4.74 Å². The van der Waals surface area contributed by atoms with Crippen LogP contribution < -0.4 is 4.74 Å². The van der Waals surface area contributed by atoms with Gasteiger partial charge < -0.3 is 4.74 Å². The first-order valence-electron chi connectivity index (χ1n) is 8.58. The lowest BCUT2D eigenvalue weighted by Crippen LogP contribution is -2.11. The van der Waals surface area contributed by atoms with Crippen molar-refractivity contribution < 1.29 is 9.53 Å². The zero-order valence-electron chi connectivity index (χ0n) is 15.2. The topological polar surface area (TPSA) is 26.3 Å². The van der Waals surface area contributed by atoms with Gasteiger partial charge in [-0.15, -0.1) is 0 Å². The van der Waals surface area contributed by atoms with Gasteiger partial charge in [0, 0.05) is 12.8 Å². The second-order valence-corrected chi connectivity index (χ2v) is 7.08. The number of carbonyl (C=O) groups is 1. The standard InChI is InChI=1S/C20H32O2/c1-7-8-19(21)12-16(5)11-18-10-15(4)9-17(6)20(18)22-13-14(2)3/h9-10,14,16H,7-8,11-13H2,1-6H3. The summed E-state index contributed by atoms with van der Waals surface area (Å²) in [5.74, 6) is 2.27. The van der Waals surface area contributed by atoms with Gasteiger partial charge in [-0.1, -0.05) is 45.4 Å². The van der Waals surface area contributed by atoms with Gasteiger partial charge in [0.2, 0.25) is 0 Å². The van der Waals surface area contributed by atoms with Crippen LogP contribution in [-0.2, 0) is 11.2 Å². The smallest absolute Gasteiger partial charge is 0.133 e. The first-order chi connectivity index (χ1) is 10.3. The maximum Gasteiger partial charge on any atom is 0.133 e. The van der Waals surface area contributed by atoms with E-state index in [2.05, 4.69) is 53.7 Å². The molecule has 0 aromatic heterocycles. The van der Waals surface area contributed by atoms with Gasteiger partial charge in [-0.2, -0.15) is 0 Å². The van der Waals surface area contributed by atoms with Gasteiger partial charge in [-0.05, 0) is 49.7 Å². The second-order valence-electron chi connectivity index (χ2n) is 7.08. The van der Waals surface area contributed by atoms with Crippen molar-refractivity contribution in [3.63, 3.8) is 0 Å². The highest BCUT2D eigenvalue weighted by atomic mass is 16.5. The minimum absolute atomic E-state index is 0.363. The van der Waals surface area contributed by atoms with Crippen molar-refractivity contribution in [3.05, 3.63) is 28.8 Å². The normalized spacial score (nSPS) is 12.5. The molecule has 1 aromatic rings. The number of hydrogen-bond acceptors (Lipinski definition) is 2. The van der Waals surface area contributed by atoms with Crippen molar-refractivity contribution in [1.29, 1.82) is 0 Å². The third-order valence-corrected chi connectivity index (χ3v) is 3.73. The zero-order chi connectivity index (χ0) is 16.7. The molecule has 0 radical (unpaired) electrons. The monoisotopic (exact) mass is 304 g/mol. The van der Waals surface area contributed by atoms with Gasteiger partial charge in [0.15, 0.2) is 0 Å². The number of rotatable bonds is 9. The molecule has 0 aliphatic rings. The van der Waals surface area contributed by atoms with E-state index in [0.29, 0.717) is 30.5 Å². The molecule has 0 N–H and O–H groups in total. The number of ketones is 1. The predicted molar refractivity (Wildman–Crippen MR) is 93.6 cm³/mol. The molecular weight excluding hydrogens is 272 g/mol. The average Bonchev–Trinajstić information content (AvgIpc) is 2.36. The quantitative estimate of drug-likeness (QED) is 0.620. The Morgan fingerprint density at radius 3 is 2.45 bits per heavy atom. The van der Waals surface area contributed by atoms with E-state index in [-0.39, 0.29) is 0 Å². The largest absolute Gasteiger partial charge is 0.493 e. The summed E-state index contributed by atoms with van der Waals surface area (Å²) in [6.45, 7) is 13.5. The summed E-state index contributed by atoms with van der Waals surface area (Å²) in [7, 11) is 0. The number of benzene rings is 1. The summed E-state index contributed by atoms with van der Waals surface area (Å²) in [6, 6.07) is 4.38. The molecule has 0 fully saturated rings. The fourth-order valence-electron chi connectivity index (χ4n) is 2.87. The molecule has 124 valence electrons. The van der Waals surface area contributed by atoms with Crippen LogP contribution in [-0.4, -0.2) is 12.4 Å². The highest BCUT2D eigenvalue weighted by Crippen LogP contribution is 2.29. The van der Waals surface area contributed by atoms with Gasteiger partial charge in [0.1, 0.15) is 11.5 Å². The number of ether oxygens (including phenoxy) is 1. The van der Waals surface area contributed by atoms with Crippen molar-refractivity contribution in [2.45, 2.75) is 67.2 Å². The molecule has 1 unspecified atom stereocenters. The Balaban J connectivity index is 2.85. The Morgan fingerprint density at radius 2 is 1.86 bits per heavy atom. The van der Waals surface area contributed by atoms with E-state index in [1.807, 2.05) is 0 Å². The van der Waals surface area contributed by atoms with Crippen LogP contribution in [0.15, 0.2) is 12.1 Å². The Hall–Kier alpha value is -1.31. The summed E-state index contributed by atoms with van der Waals surface area (Å²) in [4.78, 5) is 11.8. The first kappa shape index (κ1) is 18.7. The predicted octanol–water partition coefficient (Wildman–Crippen LogP) is 5.28. The van der Waals surface area contributed by atoms with E-state index < -0.39 is 0 Å². The summed E-state index contributed by atoms with van der Waals surface area (Å²) in [6.07, 6.45) is 3.22.